The van der Waals surface area contributed by atoms with Gasteiger partial charge in [0, 0.05) is 0 Å². The third-order valence-electron chi connectivity index (χ3n) is 20.2. The van der Waals surface area contributed by atoms with Crippen LogP contribution in [0.25, 0.3) is 209 Å². The number of rotatable bonds is 8. The molecule has 0 saturated heterocycles. The molecule has 0 N–H and O–H groups in total. The zero-order valence-electron chi connectivity index (χ0n) is 50.4. The number of fused-ring (bicyclic) bond motifs is 15. The average Bonchev–Trinajstić information content (AvgIpc) is 1.51. The molecule has 0 nitrogen and oxygen atoms in total. The predicted octanol–water partition coefficient (Wildman–Crippen LogP) is 26.2. The van der Waals surface area contributed by atoms with Crippen LogP contribution >= 0.6 is 0 Å². The lowest BCUT2D eigenvalue weighted by Crippen LogP contribution is -1.99. The minimum absolute atomic E-state index is 1.12. The van der Waals surface area contributed by atoms with Gasteiger partial charge in [0.25, 0.3) is 0 Å². The van der Waals surface area contributed by atoms with Crippen LogP contribution < -0.4 is 0 Å². The summed E-state index contributed by atoms with van der Waals surface area (Å²) in [5, 5.41) is 27.2. The minimum Gasteiger partial charge on any atom is -0.0985 e. The Morgan fingerprint density at radius 1 is 0.163 bits per heavy atom. The molecule has 19 aromatic rings. The molecule has 0 aromatic heterocycles. The van der Waals surface area contributed by atoms with Gasteiger partial charge < -0.3 is 0 Å². The fourth-order valence-corrected chi connectivity index (χ4v) is 16.5. The van der Waals surface area contributed by atoms with Crippen molar-refractivity contribution >= 4 is 120 Å². The smallest absolute Gasteiger partial charge is 0.000695 e. The Morgan fingerprint density at radius 2 is 0.446 bits per heavy atom. The standard InChI is InChI=1S/C48H32.C44H24/c1-2-32-26-28-33(29-27-32)38-30-31-41-46-39(38)24-15-25-40(46)47-44(36-20-11-5-12-21-36)42(34-16-7-3-8-17-34)43(35-18-9-4-10-19-35)45(48(41)47)37-22-13-6-14-23-37;1-2-24-18-20-25(21-19-24)28-22-23-35-38-29(28)12-7-17-34(38)43-41-32-15-5-10-26-8-3-13-30(36(26)32)39(41)40-31-14-4-9-27-11-6-16-33(37(27)31)42(40)44(35)43/h2-31H,1H2;2-23H,1H2. The van der Waals surface area contributed by atoms with Crippen LogP contribution in [0.1, 0.15) is 11.1 Å². The van der Waals surface area contributed by atoms with E-state index in [2.05, 4.69) is 316 Å². The quantitative estimate of drug-likeness (QED) is 0.142. The first-order chi connectivity index (χ1) is 45.6. The van der Waals surface area contributed by atoms with E-state index in [4.69, 9.17) is 0 Å². The molecule has 92 heavy (non-hydrogen) atoms. The van der Waals surface area contributed by atoms with Crippen LogP contribution in [0.3, 0.4) is 0 Å². The van der Waals surface area contributed by atoms with Gasteiger partial charge in [-0.15, -0.1) is 0 Å². The van der Waals surface area contributed by atoms with Crippen LogP contribution in [-0.4, -0.2) is 0 Å². The second-order valence-electron chi connectivity index (χ2n) is 24.8. The van der Waals surface area contributed by atoms with Gasteiger partial charge in [0.1, 0.15) is 0 Å². The highest BCUT2D eigenvalue weighted by Gasteiger charge is 2.35. The third-order valence-corrected chi connectivity index (χ3v) is 20.2. The van der Waals surface area contributed by atoms with Crippen molar-refractivity contribution in [2.75, 3.05) is 0 Å². The van der Waals surface area contributed by atoms with Gasteiger partial charge in [-0.05, 0) is 208 Å². The maximum absolute atomic E-state index is 3.96. The second-order valence-corrected chi connectivity index (χ2v) is 24.8. The molecule has 1 aliphatic carbocycles. The monoisotopic (exact) mass is 1160 g/mol. The molecule has 0 spiro atoms. The number of hydrogen-bond acceptors (Lipinski definition) is 0. The lowest BCUT2D eigenvalue weighted by atomic mass is 9.76. The molecule has 0 saturated carbocycles. The molecule has 0 aliphatic heterocycles. The molecule has 0 atom stereocenters. The van der Waals surface area contributed by atoms with Crippen LogP contribution in [0, 0.1) is 0 Å². The van der Waals surface area contributed by atoms with Crippen molar-refractivity contribution in [1.82, 2.24) is 0 Å². The van der Waals surface area contributed by atoms with Crippen molar-refractivity contribution in [3.8, 4) is 89.0 Å². The summed E-state index contributed by atoms with van der Waals surface area (Å²) in [6, 6.07) is 112. The molecular formula is C92H56. The zero-order chi connectivity index (χ0) is 60.7. The highest BCUT2D eigenvalue weighted by Crippen LogP contribution is 2.62. The molecule has 1 aliphatic rings. The molecule has 0 bridgehead atoms. The first kappa shape index (κ1) is 52.0. The van der Waals surface area contributed by atoms with Gasteiger partial charge in [-0.25, -0.2) is 0 Å². The molecule has 0 radical (unpaired) electrons. The van der Waals surface area contributed by atoms with E-state index in [1.165, 1.54) is 197 Å². The third kappa shape index (κ3) is 7.41. The Bertz CT molecular complexity index is 5930. The molecule has 0 fully saturated rings. The summed E-state index contributed by atoms with van der Waals surface area (Å²) in [4.78, 5) is 0. The largest absolute Gasteiger partial charge is 0.0985 e. The molecule has 20 rings (SSSR count). The topological polar surface area (TPSA) is 0 Å². The maximum atomic E-state index is 3.96. The van der Waals surface area contributed by atoms with Gasteiger partial charge in [-0.1, -0.05) is 329 Å². The summed E-state index contributed by atoms with van der Waals surface area (Å²) in [6.45, 7) is 7.91. The van der Waals surface area contributed by atoms with Gasteiger partial charge >= 0.3 is 0 Å². The van der Waals surface area contributed by atoms with E-state index in [0.29, 0.717) is 0 Å². The summed E-state index contributed by atoms with van der Waals surface area (Å²) < 4.78 is 0. The van der Waals surface area contributed by atoms with Crippen LogP contribution in [0.2, 0.25) is 0 Å². The highest BCUT2D eigenvalue weighted by atomic mass is 14.4. The SMILES string of the molecule is C=Cc1ccc(-c2ccc3c4c(cccc24)-c2c(-c4ccccc4)c(-c4ccccc4)c(-c4ccccc4)c(-c4ccccc4)c2-3)cc1.C=Cc1ccc(-c2ccc3c4c2cccc4c2c4c5cccc6cccc(c65)c4c4c5cccc6cccc(c65)c4c32)cc1. The molecule has 0 unspecified atom stereocenters. The van der Waals surface area contributed by atoms with E-state index in [9.17, 15) is 0 Å². The Labute approximate surface area is 533 Å². The van der Waals surface area contributed by atoms with Gasteiger partial charge in [0.2, 0.25) is 0 Å². The van der Waals surface area contributed by atoms with Crippen LogP contribution in [0.15, 0.2) is 316 Å². The predicted molar refractivity (Wildman–Crippen MR) is 399 cm³/mol. The Morgan fingerprint density at radius 3 is 0.826 bits per heavy atom. The second kappa shape index (κ2) is 20.3. The lowest BCUT2D eigenvalue weighted by Gasteiger charge is -2.26. The van der Waals surface area contributed by atoms with E-state index >= 15 is 0 Å². The summed E-state index contributed by atoms with van der Waals surface area (Å²) in [6.07, 6.45) is 3.81. The van der Waals surface area contributed by atoms with Crippen molar-refractivity contribution in [1.29, 1.82) is 0 Å². The van der Waals surface area contributed by atoms with E-state index in [0.717, 1.165) is 11.1 Å². The van der Waals surface area contributed by atoms with E-state index in [1.54, 1.807) is 0 Å². The Hall–Kier alpha value is -12.0. The number of benzene rings is 16. The summed E-state index contributed by atoms with van der Waals surface area (Å²) >= 11 is 0. The average molecular weight is 1160 g/mol. The molecule has 424 valence electrons. The molecule has 0 amide bonds. The van der Waals surface area contributed by atoms with E-state index in [-0.39, 0.29) is 0 Å². The van der Waals surface area contributed by atoms with E-state index in [1.807, 2.05) is 12.2 Å². The summed E-state index contributed by atoms with van der Waals surface area (Å²) in [5.41, 5.74) is 22.3. The maximum Gasteiger partial charge on any atom is -0.000695 e. The first-order valence-corrected chi connectivity index (χ1v) is 32.0. The Kier molecular flexibility index (Phi) is 11.5. The molecule has 0 heterocycles. The molecular weight excluding hydrogens is 1110 g/mol. The Balaban J connectivity index is 0.000000132. The van der Waals surface area contributed by atoms with Crippen molar-refractivity contribution in [2.45, 2.75) is 0 Å². The fourth-order valence-electron chi connectivity index (χ4n) is 16.5. The van der Waals surface area contributed by atoms with Crippen molar-refractivity contribution in [3.63, 3.8) is 0 Å². The first-order valence-electron chi connectivity index (χ1n) is 32.0. The minimum atomic E-state index is 1.12. The van der Waals surface area contributed by atoms with Gasteiger partial charge in [0.05, 0.1) is 0 Å². The van der Waals surface area contributed by atoms with Crippen LogP contribution in [-0.2, 0) is 0 Å². The lowest BCUT2D eigenvalue weighted by molar-refractivity contribution is 1.54. The van der Waals surface area contributed by atoms with Crippen LogP contribution in [0.5, 0.6) is 0 Å². The van der Waals surface area contributed by atoms with Gasteiger partial charge in [0.15, 0.2) is 0 Å². The highest BCUT2D eigenvalue weighted by molar-refractivity contribution is 6.55. The van der Waals surface area contributed by atoms with E-state index < -0.39 is 0 Å². The fraction of sp³-hybridized carbons (Fsp3) is 0. The van der Waals surface area contributed by atoms with Gasteiger partial charge in [-0.3, -0.25) is 0 Å². The molecule has 19 aromatic carbocycles. The molecule has 0 heteroatoms. The summed E-state index contributed by atoms with van der Waals surface area (Å²) in [5.74, 6) is 0. The van der Waals surface area contributed by atoms with Gasteiger partial charge in [-0.2, -0.15) is 0 Å². The van der Waals surface area contributed by atoms with Crippen molar-refractivity contribution in [3.05, 3.63) is 328 Å². The zero-order valence-corrected chi connectivity index (χ0v) is 50.4. The number of hydrogen-bond donors (Lipinski definition) is 0. The normalized spacial score (nSPS) is 12.0. The van der Waals surface area contributed by atoms with Crippen molar-refractivity contribution in [2.24, 2.45) is 0 Å². The van der Waals surface area contributed by atoms with Crippen molar-refractivity contribution < 1.29 is 0 Å². The van der Waals surface area contributed by atoms with Crippen LogP contribution in [0.4, 0.5) is 0 Å². The summed E-state index contributed by atoms with van der Waals surface area (Å²) in [7, 11) is 0.